The van der Waals surface area contributed by atoms with Crippen molar-refractivity contribution in [1.29, 1.82) is 0 Å². The molecule has 6 nitrogen and oxygen atoms in total. The molecule has 0 aliphatic heterocycles. The van der Waals surface area contributed by atoms with Gasteiger partial charge in [-0.3, -0.25) is 4.79 Å². The van der Waals surface area contributed by atoms with E-state index in [2.05, 4.69) is 21.2 Å². The quantitative estimate of drug-likeness (QED) is 0.736. The van der Waals surface area contributed by atoms with Crippen LogP contribution in [-0.4, -0.2) is 43.9 Å². The molecular weight excluding hydrogens is 342 g/mol. The average Bonchev–Trinajstić information content (AvgIpc) is 2.43. The number of carboxylic acid groups (broad SMARTS) is 1. The molecule has 0 aliphatic rings. The summed E-state index contributed by atoms with van der Waals surface area (Å²) in [5, 5.41) is 11.5. The van der Waals surface area contributed by atoms with Crippen LogP contribution in [-0.2, 0) is 20.7 Å². The summed E-state index contributed by atoms with van der Waals surface area (Å²) in [5.41, 5.74) is 0.681. The van der Waals surface area contributed by atoms with Crippen molar-refractivity contribution in [2.24, 2.45) is 0 Å². The summed E-state index contributed by atoms with van der Waals surface area (Å²) in [4.78, 5) is 23.1. The Hall–Kier alpha value is -1.60. The molecule has 1 atom stereocenters. The van der Waals surface area contributed by atoms with Crippen LogP contribution in [0.2, 0.25) is 0 Å². The molecule has 116 valence electrons. The van der Waals surface area contributed by atoms with Gasteiger partial charge in [-0.1, -0.05) is 15.9 Å². The predicted octanol–water partition coefficient (Wildman–Crippen LogP) is 1.61. The summed E-state index contributed by atoms with van der Waals surface area (Å²) in [6.45, 7) is 0.261. The minimum Gasteiger partial charge on any atom is -0.496 e. The fourth-order valence-corrected chi connectivity index (χ4v) is 2.21. The molecule has 1 amide bonds. The molecule has 0 bridgehead atoms. The number of methoxy groups -OCH3 is 2. The van der Waals surface area contributed by atoms with Crippen LogP contribution >= 0.6 is 15.9 Å². The zero-order chi connectivity index (χ0) is 15.8. The van der Waals surface area contributed by atoms with Gasteiger partial charge in [0, 0.05) is 30.2 Å². The average molecular weight is 360 g/mol. The molecular formula is C14H18BrNO5. The Labute approximate surface area is 131 Å². The number of hydrogen-bond donors (Lipinski definition) is 2. The number of halogens is 1. The summed E-state index contributed by atoms with van der Waals surface area (Å²) in [6, 6.07) is 4.35. The fraction of sp³-hybridized carbons (Fsp3) is 0.429. The van der Waals surface area contributed by atoms with Crippen molar-refractivity contribution >= 4 is 27.8 Å². The number of ether oxygens (including phenoxy) is 2. The van der Waals surface area contributed by atoms with Crippen molar-refractivity contribution in [2.45, 2.75) is 18.9 Å². The number of carbonyl (C=O) groups excluding carboxylic acids is 1. The van der Waals surface area contributed by atoms with E-state index in [0.29, 0.717) is 11.3 Å². The summed E-state index contributed by atoms with van der Waals surface area (Å²) < 4.78 is 10.8. The monoisotopic (exact) mass is 359 g/mol. The van der Waals surface area contributed by atoms with E-state index < -0.39 is 12.0 Å². The number of hydrogen-bond acceptors (Lipinski definition) is 4. The van der Waals surface area contributed by atoms with Crippen LogP contribution in [0.3, 0.4) is 0 Å². The van der Waals surface area contributed by atoms with E-state index in [0.717, 1.165) is 4.47 Å². The minimum absolute atomic E-state index is 0.0410. The molecule has 0 saturated carbocycles. The molecule has 0 saturated heterocycles. The molecule has 0 aliphatic carbocycles. The van der Waals surface area contributed by atoms with Crippen LogP contribution in [0, 0.1) is 0 Å². The second-order valence-electron chi connectivity index (χ2n) is 4.37. The summed E-state index contributed by atoms with van der Waals surface area (Å²) in [5.74, 6) is -0.881. The van der Waals surface area contributed by atoms with Gasteiger partial charge in [-0.25, -0.2) is 4.79 Å². The normalized spacial score (nSPS) is 11.8. The molecule has 21 heavy (non-hydrogen) atoms. The van der Waals surface area contributed by atoms with Gasteiger partial charge in [0.15, 0.2) is 0 Å². The van der Waals surface area contributed by atoms with Crippen molar-refractivity contribution in [2.75, 3.05) is 20.8 Å². The Morgan fingerprint density at radius 1 is 1.38 bits per heavy atom. The first-order chi connectivity index (χ1) is 9.97. The molecule has 0 radical (unpaired) electrons. The van der Waals surface area contributed by atoms with E-state index in [1.807, 2.05) is 0 Å². The zero-order valence-corrected chi connectivity index (χ0v) is 13.5. The van der Waals surface area contributed by atoms with E-state index in [-0.39, 0.29) is 25.4 Å². The first kappa shape index (κ1) is 17.5. The van der Waals surface area contributed by atoms with Gasteiger partial charge >= 0.3 is 5.97 Å². The third kappa shape index (κ3) is 5.73. The molecule has 0 spiro atoms. The second kappa shape index (κ2) is 8.63. The van der Waals surface area contributed by atoms with E-state index >= 15 is 0 Å². The number of carbonyl (C=O) groups is 2. The third-order valence-corrected chi connectivity index (χ3v) is 3.33. The topological polar surface area (TPSA) is 84.9 Å². The van der Waals surface area contributed by atoms with Crippen molar-refractivity contribution in [3.05, 3.63) is 28.2 Å². The smallest absolute Gasteiger partial charge is 0.326 e. The van der Waals surface area contributed by atoms with Gasteiger partial charge in [-0.05, 0) is 18.2 Å². The van der Waals surface area contributed by atoms with Gasteiger partial charge < -0.3 is 19.9 Å². The number of benzene rings is 1. The van der Waals surface area contributed by atoms with Crippen LogP contribution in [0.25, 0.3) is 0 Å². The summed E-state index contributed by atoms with van der Waals surface area (Å²) in [6.07, 6.45) is 0.257. The summed E-state index contributed by atoms with van der Waals surface area (Å²) >= 11 is 3.33. The van der Waals surface area contributed by atoms with E-state index in [9.17, 15) is 9.59 Å². The van der Waals surface area contributed by atoms with E-state index in [1.165, 1.54) is 14.2 Å². The van der Waals surface area contributed by atoms with Crippen LogP contribution in [0.1, 0.15) is 12.0 Å². The maximum atomic E-state index is 12.0. The molecule has 7 heteroatoms. The Morgan fingerprint density at radius 3 is 2.67 bits per heavy atom. The number of nitrogens with one attached hydrogen (secondary N) is 1. The van der Waals surface area contributed by atoms with Crippen molar-refractivity contribution in [1.82, 2.24) is 5.32 Å². The second-order valence-corrected chi connectivity index (χ2v) is 5.29. The molecule has 1 rings (SSSR count). The number of amides is 1. The van der Waals surface area contributed by atoms with Gasteiger partial charge in [-0.2, -0.15) is 0 Å². The third-order valence-electron chi connectivity index (χ3n) is 2.84. The SMILES string of the molecule is COCCC(NC(=O)Cc1cc(Br)ccc1OC)C(=O)O. The van der Waals surface area contributed by atoms with Crippen LogP contribution < -0.4 is 10.1 Å². The number of rotatable bonds is 8. The largest absolute Gasteiger partial charge is 0.496 e. The van der Waals surface area contributed by atoms with Gasteiger partial charge in [0.1, 0.15) is 11.8 Å². The fourth-order valence-electron chi connectivity index (χ4n) is 1.80. The number of carboxylic acids is 1. The Morgan fingerprint density at radius 2 is 2.10 bits per heavy atom. The van der Waals surface area contributed by atoms with Crippen LogP contribution in [0.5, 0.6) is 5.75 Å². The first-order valence-corrected chi connectivity index (χ1v) is 7.10. The lowest BCUT2D eigenvalue weighted by Gasteiger charge is -2.15. The highest BCUT2D eigenvalue weighted by Crippen LogP contribution is 2.23. The van der Waals surface area contributed by atoms with Gasteiger partial charge in [0.25, 0.3) is 0 Å². The lowest BCUT2D eigenvalue weighted by atomic mass is 10.1. The highest BCUT2D eigenvalue weighted by Gasteiger charge is 2.20. The maximum Gasteiger partial charge on any atom is 0.326 e. The standard InChI is InChI=1S/C14H18BrNO5/c1-20-6-5-11(14(18)19)16-13(17)8-9-7-10(15)3-4-12(9)21-2/h3-4,7,11H,5-6,8H2,1-2H3,(H,16,17)(H,18,19). The number of aliphatic carboxylic acids is 1. The lowest BCUT2D eigenvalue weighted by molar-refractivity contribution is -0.142. The summed E-state index contributed by atoms with van der Waals surface area (Å²) in [7, 11) is 3.00. The van der Waals surface area contributed by atoms with Gasteiger partial charge in [0.2, 0.25) is 5.91 Å². The molecule has 2 N–H and O–H groups in total. The molecule has 0 heterocycles. The van der Waals surface area contributed by atoms with Crippen LogP contribution in [0.15, 0.2) is 22.7 Å². The van der Waals surface area contributed by atoms with Crippen molar-refractivity contribution in [3.63, 3.8) is 0 Å². The van der Waals surface area contributed by atoms with Gasteiger partial charge in [0.05, 0.1) is 13.5 Å². The van der Waals surface area contributed by atoms with Gasteiger partial charge in [-0.15, -0.1) is 0 Å². The molecule has 1 aromatic rings. The molecule has 1 unspecified atom stereocenters. The van der Waals surface area contributed by atoms with E-state index in [4.69, 9.17) is 14.6 Å². The Bertz CT molecular complexity index is 506. The lowest BCUT2D eigenvalue weighted by Crippen LogP contribution is -2.42. The highest BCUT2D eigenvalue weighted by molar-refractivity contribution is 9.10. The van der Waals surface area contributed by atoms with Crippen molar-refractivity contribution < 1.29 is 24.2 Å². The molecule has 1 aromatic carbocycles. The van der Waals surface area contributed by atoms with E-state index in [1.54, 1.807) is 18.2 Å². The predicted molar refractivity (Wildman–Crippen MR) is 80.5 cm³/mol. The Balaban J connectivity index is 2.71. The first-order valence-electron chi connectivity index (χ1n) is 6.31. The highest BCUT2D eigenvalue weighted by atomic mass is 79.9. The minimum atomic E-state index is -1.08. The van der Waals surface area contributed by atoms with Crippen molar-refractivity contribution in [3.8, 4) is 5.75 Å². The van der Waals surface area contributed by atoms with Crippen LogP contribution in [0.4, 0.5) is 0 Å². The Kier molecular flexibility index (Phi) is 7.18. The zero-order valence-electron chi connectivity index (χ0n) is 11.9. The molecule has 0 aromatic heterocycles. The molecule has 0 fully saturated rings. The maximum absolute atomic E-state index is 12.0.